The highest BCUT2D eigenvalue weighted by atomic mass is 16.3. The van der Waals surface area contributed by atoms with Gasteiger partial charge in [0.15, 0.2) is 0 Å². The summed E-state index contributed by atoms with van der Waals surface area (Å²) in [4.78, 5) is 5.03. The van der Waals surface area contributed by atoms with Gasteiger partial charge >= 0.3 is 0 Å². The van der Waals surface area contributed by atoms with Crippen LogP contribution in [0.15, 0.2) is 220 Å². The molecule has 13 rings (SSSR count). The molecule has 8 aromatic rings. The van der Waals surface area contributed by atoms with Crippen LogP contribution in [0.4, 0.5) is 22.7 Å². The molecular weight excluding hydrogens is 853 g/mol. The number of fused-ring (bicyclic) bond motifs is 10. The van der Waals surface area contributed by atoms with E-state index in [1.54, 1.807) is 11.6 Å². The molecule has 4 heteroatoms. The average molecular weight is 909 g/mol. The second-order valence-corrected chi connectivity index (χ2v) is 20.4. The Balaban J connectivity index is 0.862. The fraction of sp³-hybridized carbons (Fsp3) is 0.182. The van der Waals surface area contributed by atoms with Crippen molar-refractivity contribution in [2.75, 3.05) is 9.80 Å². The molecule has 1 aliphatic heterocycles. The normalized spacial score (nSPS) is 20.7. The minimum atomic E-state index is 0.00648. The van der Waals surface area contributed by atoms with Crippen molar-refractivity contribution in [3.05, 3.63) is 239 Å². The van der Waals surface area contributed by atoms with Gasteiger partial charge in [-0.25, -0.2) is 0 Å². The Labute approximate surface area is 411 Å². The molecule has 70 heavy (non-hydrogen) atoms. The lowest BCUT2D eigenvalue weighted by Crippen LogP contribution is -2.32. The lowest BCUT2D eigenvalue weighted by atomic mass is 9.69. The van der Waals surface area contributed by atoms with Gasteiger partial charge in [-0.05, 0) is 118 Å². The molecular formula is C66H56N2O2. The minimum absolute atomic E-state index is 0.00648. The number of nitrogens with zero attached hydrogens (tertiary/aromatic N) is 2. The highest BCUT2D eigenvalue weighted by Crippen LogP contribution is 2.63. The van der Waals surface area contributed by atoms with Crippen molar-refractivity contribution in [1.82, 2.24) is 0 Å². The highest BCUT2D eigenvalue weighted by molar-refractivity contribution is 5.99. The maximum absolute atomic E-state index is 6.68. The molecule has 0 radical (unpaired) electrons. The van der Waals surface area contributed by atoms with Crippen molar-refractivity contribution < 1.29 is 8.83 Å². The van der Waals surface area contributed by atoms with E-state index in [1.807, 2.05) is 6.08 Å². The summed E-state index contributed by atoms with van der Waals surface area (Å²) in [5.41, 5.74) is 21.8. The number of rotatable bonds is 8. The van der Waals surface area contributed by atoms with E-state index in [0.29, 0.717) is 17.8 Å². The summed E-state index contributed by atoms with van der Waals surface area (Å²) in [6, 6.07) is 51.4. The van der Waals surface area contributed by atoms with Gasteiger partial charge in [-0.15, -0.1) is 0 Å². The van der Waals surface area contributed by atoms with Crippen molar-refractivity contribution in [3.63, 3.8) is 0 Å². The van der Waals surface area contributed by atoms with Gasteiger partial charge in [0, 0.05) is 79.6 Å². The van der Waals surface area contributed by atoms with Gasteiger partial charge in [0.25, 0.3) is 0 Å². The maximum atomic E-state index is 6.68. The van der Waals surface area contributed by atoms with Crippen LogP contribution in [-0.2, 0) is 0 Å². The Morgan fingerprint density at radius 2 is 1.41 bits per heavy atom. The first-order valence-electron chi connectivity index (χ1n) is 25.1. The summed E-state index contributed by atoms with van der Waals surface area (Å²) in [7, 11) is 0. The van der Waals surface area contributed by atoms with Crippen LogP contribution in [0.5, 0.6) is 0 Å². The Kier molecular flexibility index (Phi) is 9.75. The van der Waals surface area contributed by atoms with Gasteiger partial charge in [-0.3, -0.25) is 0 Å². The number of hydrogen-bond donors (Lipinski definition) is 0. The molecule has 0 fully saturated rings. The van der Waals surface area contributed by atoms with Gasteiger partial charge < -0.3 is 18.6 Å². The van der Waals surface area contributed by atoms with Crippen LogP contribution in [0.1, 0.15) is 93.0 Å². The summed E-state index contributed by atoms with van der Waals surface area (Å²) >= 11 is 0. The monoisotopic (exact) mass is 908 g/mol. The fourth-order valence-electron chi connectivity index (χ4n) is 12.9. The van der Waals surface area contributed by atoms with E-state index in [-0.39, 0.29) is 11.5 Å². The van der Waals surface area contributed by atoms with Crippen molar-refractivity contribution >= 4 is 56.8 Å². The number of furan rings is 2. The molecule has 342 valence electrons. The Bertz CT molecular complexity index is 3620. The van der Waals surface area contributed by atoms with Crippen molar-refractivity contribution in [1.29, 1.82) is 0 Å². The van der Waals surface area contributed by atoms with Crippen LogP contribution in [0.25, 0.3) is 56.3 Å². The smallest absolute Gasteiger partial charge is 0.143 e. The second-order valence-electron chi connectivity index (χ2n) is 20.4. The Morgan fingerprint density at radius 3 is 2.17 bits per heavy atom. The van der Waals surface area contributed by atoms with Gasteiger partial charge in [-0.1, -0.05) is 168 Å². The molecule has 0 bridgehead atoms. The predicted octanol–water partition coefficient (Wildman–Crippen LogP) is 18.5. The fourth-order valence-corrected chi connectivity index (χ4v) is 12.9. The van der Waals surface area contributed by atoms with E-state index in [2.05, 4.69) is 221 Å². The SMILES string of the molecule is C=Cc1oc2c(-c3ccc(N(C4=CC=C5C(=CC4)C(C)(C)C4=C5C=CCC4)c4ccc(-c5ccc(N6c7ccccc7C7C(C)C(C)c8oc9ccccc9c8C76)cc5)cc4)cc3)cccc2c1C=C. The largest absolute Gasteiger partial charge is 0.460 e. The third-order valence-electron chi connectivity index (χ3n) is 16.5. The molecule has 4 nitrogen and oxygen atoms in total. The predicted molar refractivity (Wildman–Crippen MR) is 292 cm³/mol. The summed E-state index contributed by atoms with van der Waals surface area (Å²) in [5.74, 6) is 2.97. The molecule has 2 aromatic heterocycles. The minimum Gasteiger partial charge on any atom is -0.460 e. The van der Waals surface area contributed by atoms with E-state index >= 15 is 0 Å². The molecule has 0 amide bonds. The lowest BCUT2D eigenvalue weighted by molar-refractivity contribution is 0.299. The zero-order valence-corrected chi connectivity index (χ0v) is 40.4. The summed E-state index contributed by atoms with van der Waals surface area (Å²) < 4.78 is 13.1. The van der Waals surface area contributed by atoms with Gasteiger partial charge in [0.05, 0.1) is 6.04 Å². The zero-order chi connectivity index (χ0) is 47.4. The van der Waals surface area contributed by atoms with Crippen LogP contribution < -0.4 is 9.80 Å². The molecule has 4 aliphatic carbocycles. The van der Waals surface area contributed by atoms with Gasteiger partial charge in [0.2, 0.25) is 0 Å². The first-order chi connectivity index (χ1) is 34.2. The third kappa shape index (κ3) is 6.28. The topological polar surface area (TPSA) is 32.8 Å². The number of para-hydroxylation sites is 3. The van der Waals surface area contributed by atoms with Crippen molar-refractivity contribution in [2.24, 2.45) is 11.3 Å². The van der Waals surface area contributed by atoms with Crippen LogP contribution in [0.3, 0.4) is 0 Å². The quantitative estimate of drug-likeness (QED) is 0.152. The molecule has 3 heterocycles. The molecule has 4 unspecified atom stereocenters. The number of anilines is 4. The van der Waals surface area contributed by atoms with E-state index in [9.17, 15) is 0 Å². The van der Waals surface area contributed by atoms with Crippen molar-refractivity contribution in [3.8, 4) is 22.3 Å². The van der Waals surface area contributed by atoms with E-state index in [1.165, 1.54) is 61.4 Å². The molecule has 4 atom stereocenters. The van der Waals surface area contributed by atoms with Crippen LogP contribution in [-0.4, -0.2) is 0 Å². The van der Waals surface area contributed by atoms with Crippen LogP contribution in [0.2, 0.25) is 0 Å². The summed E-state index contributed by atoms with van der Waals surface area (Å²) in [6.45, 7) is 17.6. The van der Waals surface area contributed by atoms with E-state index < -0.39 is 0 Å². The molecule has 5 aliphatic rings. The van der Waals surface area contributed by atoms with Crippen LogP contribution in [0, 0.1) is 11.3 Å². The van der Waals surface area contributed by atoms with E-state index in [0.717, 1.165) is 75.4 Å². The zero-order valence-electron chi connectivity index (χ0n) is 40.4. The maximum Gasteiger partial charge on any atom is 0.143 e. The Morgan fingerprint density at radius 1 is 0.714 bits per heavy atom. The molecule has 0 saturated carbocycles. The highest BCUT2D eigenvalue weighted by Gasteiger charge is 2.51. The molecule has 6 aromatic carbocycles. The summed E-state index contributed by atoms with van der Waals surface area (Å²) in [5, 5.41) is 2.27. The third-order valence-corrected chi connectivity index (χ3v) is 16.5. The molecule has 0 spiro atoms. The first kappa shape index (κ1) is 42.3. The number of allylic oxidation sites excluding steroid dienone is 9. The van der Waals surface area contributed by atoms with Gasteiger partial charge in [0.1, 0.15) is 22.7 Å². The Hall–Kier alpha value is -7.82. The molecule has 0 saturated heterocycles. The summed E-state index contributed by atoms with van der Waals surface area (Å²) in [6.07, 6.45) is 18.6. The average Bonchev–Trinajstić information content (AvgIpc) is 4.08. The first-order valence-corrected chi connectivity index (χ1v) is 25.1. The van der Waals surface area contributed by atoms with E-state index in [4.69, 9.17) is 8.83 Å². The molecule has 0 N–H and O–H groups in total. The lowest BCUT2D eigenvalue weighted by Gasteiger charge is -2.39. The van der Waals surface area contributed by atoms with Gasteiger partial charge in [-0.2, -0.15) is 0 Å². The standard InChI is InChI=1S/C66H56N2O2/c1-7-49-53-20-15-19-50(65(53)69-59(49)8-2)44-28-34-46(35-29-44)67(47-36-38-52-51-16-9-12-21-56(51)66(5,6)57(52)39-37-47)45-30-24-42(25-31-45)43-26-32-48(33-27-43)68-58-22-13-10-17-54(58)61-40(3)41(4)64-62(63(61)68)55-18-11-14-23-60(55)70-64/h7-11,13-20,22-36,38-41,61,63H,1-2,12,21,37H2,3-6H3. The van der Waals surface area contributed by atoms with Crippen LogP contribution >= 0.6 is 0 Å². The number of benzene rings is 6. The second kappa shape index (κ2) is 16.1. The van der Waals surface area contributed by atoms with Crippen molar-refractivity contribution in [2.45, 2.75) is 64.8 Å². The number of hydrogen-bond acceptors (Lipinski definition) is 4.